The van der Waals surface area contributed by atoms with Crippen molar-refractivity contribution in [3.8, 4) is 5.75 Å². The molecule has 0 bridgehead atoms. The Morgan fingerprint density at radius 3 is 2.54 bits per heavy atom. The molecule has 1 aromatic heterocycles. The van der Waals surface area contributed by atoms with Gasteiger partial charge in [-0.05, 0) is 18.2 Å². The fourth-order valence-corrected chi connectivity index (χ4v) is 4.18. The number of carbonyl (C=O) groups is 2. The van der Waals surface area contributed by atoms with Crippen LogP contribution in [0.5, 0.6) is 5.75 Å². The summed E-state index contributed by atoms with van der Waals surface area (Å²) in [5.41, 5.74) is 0.142. The molecule has 5 nitrogen and oxygen atoms in total. The molecule has 0 aliphatic heterocycles. The largest absolute Gasteiger partial charge is 0.506 e. The van der Waals surface area contributed by atoms with Crippen LogP contribution >= 0.6 is 22.9 Å². The minimum absolute atomic E-state index is 0.00986. The van der Waals surface area contributed by atoms with Gasteiger partial charge in [-0.25, -0.2) is 9.18 Å². The third-order valence-electron chi connectivity index (χ3n) is 3.88. The van der Waals surface area contributed by atoms with Crippen LogP contribution in [0.25, 0.3) is 10.1 Å². The number of hydrogen-bond acceptors (Lipinski definition) is 4. The Morgan fingerprint density at radius 1 is 1.23 bits per heavy atom. The molecule has 0 atom stereocenters. The lowest BCUT2D eigenvalue weighted by atomic mass is 10.1. The molecule has 0 fully saturated rings. The number of carboxylic acid groups (broad SMARTS) is 1. The molecule has 0 saturated heterocycles. The van der Waals surface area contributed by atoms with Crippen LogP contribution in [0.1, 0.15) is 22.8 Å². The lowest BCUT2D eigenvalue weighted by Gasteiger charge is -2.20. The number of anilines is 1. The molecule has 8 heteroatoms. The fraction of sp³-hybridized carbons (Fsp3) is 0.111. The molecule has 3 aromatic rings. The second kappa shape index (κ2) is 6.93. The molecule has 2 N–H and O–H groups in total. The summed E-state index contributed by atoms with van der Waals surface area (Å²) in [7, 11) is 0. The monoisotopic (exact) mass is 393 g/mol. The molecule has 26 heavy (non-hydrogen) atoms. The van der Waals surface area contributed by atoms with Crippen LogP contribution < -0.4 is 4.90 Å². The summed E-state index contributed by atoms with van der Waals surface area (Å²) in [4.78, 5) is 25.2. The summed E-state index contributed by atoms with van der Waals surface area (Å²) < 4.78 is 14.4. The highest BCUT2D eigenvalue weighted by Crippen LogP contribution is 2.45. The molecule has 3 rings (SSSR count). The highest BCUT2D eigenvalue weighted by Gasteiger charge is 2.27. The number of phenols is 1. The molecule has 0 aliphatic carbocycles. The third kappa shape index (κ3) is 3.11. The zero-order valence-electron chi connectivity index (χ0n) is 13.5. The Balaban J connectivity index is 2.21. The number of halogens is 2. The van der Waals surface area contributed by atoms with Crippen LogP contribution in [0.3, 0.4) is 0 Å². The van der Waals surface area contributed by atoms with Gasteiger partial charge >= 0.3 is 5.97 Å². The van der Waals surface area contributed by atoms with Crippen LogP contribution in [-0.2, 0) is 11.3 Å². The zero-order valence-corrected chi connectivity index (χ0v) is 15.1. The van der Waals surface area contributed by atoms with E-state index in [4.69, 9.17) is 11.6 Å². The first-order valence-corrected chi connectivity index (χ1v) is 8.69. The first-order chi connectivity index (χ1) is 12.3. The Hall–Kier alpha value is -2.64. The summed E-state index contributed by atoms with van der Waals surface area (Å²) >= 11 is 7.05. The summed E-state index contributed by atoms with van der Waals surface area (Å²) in [6.45, 7) is 1.15. The number of rotatable bonds is 4. The Bertz CT molecular complexity index is 1030. The number of aromatic carboxylic acids is 1. The normalized spacial score (nSPS) is 10.9. The molecule has 0 unspecified atom stereocenters. The summed E-state index contributed by atoms with van der Waals surface area (Å²) in [6.07, 6.45) is 0. The third-order valence-corrected chi connectivity index (χ3v) is 5.62. The van der Waals surface area contributed by atoms with Gasteiger partial charge < -0.3 is 10.2 Å². The average Bonchev–Trinajstić information content (AvgIpc) is 2.97. The number of benzene rings is 2. The van der Waals surface area contributed by atoms with E-state index in [2.05, 4.69) is 0 Å². The second-order valence-electron chi connectivity index (χ2n) is 5.56. The highest BCUT2D eigenvalue weighted by molar-refractivity contribution is 7.24. The number of phenolic OH excluding ortho intramolecular Hbond substituents is 1. The van der Waals surface area contributed by atoms with E-state index in [1.807, 2.05) is 0 Å². The van der Waals surface area contributed by atoms with Crippen molar-refractivity contribution < 1.29 is 24.2 Å². The van der Waals surface area contributed by atoms with Crippen molar-refractivity contribution in [1.29, 1.82) is 0 Å². The molecule has 2 aromatic carbocycles. The highest BCUT2D eigenvalue weighted by atomic mass is 35.5. The van der Waals surface area contributed by atoms with Crippen molar-refractivity contribution in [1.82, 2.24) is 0 Å². The quantitative estimate of drug-likeness (QED) is 0.676. The van der Waals surface area contributed by atoms with E-state index in [-0.39, 0.29) is 33.4 Å². The number of aromatic hydroxyl groups is 1. The SMILES string of the molecule is CC(=O)N(Cc1ccccc1F)c1sc2c(Cl)c(O)ccc2c1C(=O)O. The van der Waals surface area contributed by atoms with E-state index < -0.39 is 17.7 Å². The van der Waals surface area contributed by atoms with Gasteiger partial charge in [0.05, 0.1) is 11.2 Å². The molecule has 1 heterocycles. The standard InChI is InChI=1S/C18H13ClFNO4S/c1-9(22)21(8-10-4-2-3-5-12(10)20)17-14(18(24)25)11-6-7-13(23)15(19)16(11)26-17/h2-7,23H,8H2,1H3,(H,24,25). The van der Waals surface area contributed by atoms with Crippen molar-refractivity contribution in [3.63, 3.8) is 0 Å². The van der Waals surface area contributed by atoms with E-state index in [1.54, 1.807) is 6.07 Å². The molecule has 0 saturated carbocycles. The van der Waals surface area contributed by atoms with Crippen molar-refractivity contribution in [3.05, 3.63) is 58.4 Å². The van der Waals surface area contributed by atoms with E-state index in [0.29, 0.717) is 10.1 Å². The first-order valence-electron chi connectivity index (χ1n) is 7.50. The lowest BCUT2D eigenvalue weighted by Crippen LogP contribution is -2.28. The summed E-state index contributed by atoms with van der Waals surface area (Å²) in [5.74, 6) is -2.37. The van der Waals surface area contributed by atoms with Gasteiger partial charge in [-0.2, -0.15) is 0 Å². The minimum atomic E-state index is -1.24. The van der Waals surface area contributed by atoms with Gasteiger partial charge in [-0.15, -0.1) is 11.3 Å². The van der Waals surface area contributed by atoms with Gasteiger partial charge in [-0.1, -0.05) is 29.8 Å². The molecule has 0 radical (unpaired) electrons. The van der Waals surface area contributed by atoms with E-state index in [0.717, 1.165) is 11.3 Å². The lowest BCUT2D eigenvalue weighted by molar-refractivity contribution is -0.116. The van der Waals surface area contributed by atoms with Gasteiger partial charge in [0.1, 0.15) is 27.2 Å². The molecule has 134 valence electrons. The maximum Gasteiger partial charge on any atom is 0.339 e. The van der Waals surface area contributed by atoms with Gasteiger partial charge in [0.15, 0.2) is 0 Å². The van der Waals surface area contributed by atoms with Crippen LogP contribution in [0.15, 0.2) is 36.4 Å². The number of amides is 1. The zero-order chi connectivity index (χ0) is 19.0. The van der Waals surface area contributed by atoms with E-state index in [1.165, 1.54) is 42.2 Å². The number of nitrogens with zero attached hydrogens (tertiary/aromatic N) is 1. The van der Waals surface area contributed by atoms with Crippen molar-refractivity contribution in [2.45, 2.75) is 13.5 Å². The molecule has 0 aliphatic rings. The summed E-state index contributed by atoms with van der Waals surface area (Å²) in [6, 6.07) is 8.68. The van der Waals surface area contributed by atoms with Crippen molar-refractivity contribution in [2.24, 2.45) is 0 Å². The number of hydrogen-bond donors (Lipinski definition) is 2. The van der Waals surface area contributed by atoms with Gasteiger partial charge in [0.25, 0.3) is 0 Å². The Labute approximate surface area is 156 Å². The van der Waals surface area contributed by atoms with Crippen LogP contribution in [0, 0.1) is 5.82 Å². The average molecular weight is 394 g/mol. The number of carboxylic acids is 1. The Morgan fingerprint density at radius 2 is 1.92 bits per heavy atom. The van der Waals surface area contributed by atoms with E-state index >= 15 is 0 Å². The molecular formula is C18H13ClFNO4S. The maximum absolute atomic E-state index is 14.0. The van der Waals surface area contributed by atoms with Gasteiger partial charge in [-0.3, -0.25) is 9.69 Å². The maximum atomic E-state index is 14.0. The van der Waals surface area contributed by atoms with Crippen LogP contribution in [-0.4, -0.2) is 22.1 Å². The van der Waals surface area contributed by atoms with Crippen molar-refractivity contribution >= 4 is 49.9 Å². The topological polar surface area (TPSA) is 77.8 Å². The smallest absolute Gasteiger partial charge is 0.339 e. The predicted molar refractivity (Wildman–Crippen MR) is 98.7 cm³/mol. The van der Waals surface area contributed by atoms with Gasteiger partial charge in [0.2, 0.25) is 5.91 Å². The van der Waals surface area contributed by atoms with Crippen LogP contribution in [0.2, 0.25) is 5.02 Å². The molecular weight excluding hydrogens is 381 g/mol. The molecule has 0 spiro atoms. The second-order valence-corrected chi connectivity index (χ2v) is 6.94. The number of fused-ring (bicyclic) bond motifs is 1. The fourth-order valence-electron chi connectivity index (χ4n) is 2.63. The number of thiophene rings is 1. The minimum Gasteiger partial charge on any atom is -0.506 e. The van der Waals surface area contributed by atoms with Crippen LogP contribution in [0.4, 0.5) is 9.39 Å². The molecule has 1 amide bonds. The van der Waals surface area contributed by atoms with E-state index in [9.17, 15) is 24.2 Å². The Kier molecular flexibility index (Phi) is 4.84. The predicted octanol–water partition coefficient (Wildman–Crippen LogP) is 4.65. The first kappa shape index (κ1) is 18.2. The number of carbonyl (C=O) groups excluding carboxylic acids is 1. The van der Waals surface area contributed by atoms with Crippen molar-refractivity contribution in [2.75, 3.05) is 4.90 Å². The van der Waals surface area contributed by atoms with Gasteiger partial charge in [0, 0.05) is 17.9 Å². The summed E-state index contributed by atoms with van der Waals surface area (Å²) in [5, 5.41) is 19.9.